The van der Waals surface area contributed by atoms with Crippen LogP contribution in [-0.2, 0) is 19.4 Å². The highest BCUT2D eigenvalue weighted by atomic mass is 35.5. The molecule has 0 aliphatic heterocycles. The third-order valence-electron chi connectivity index (χ3n) is 4.44. The minimum absolute atomic E-state index is 0.128. The van der Waals surface area contributed by atoms with Crippen LogP contribution >= 0.6 is 11.6 Å². The summed E-state index contributed by atoms with van der Waals surface area (Å²) in [5.41, 5.74) is 5.30. The van der Waals surface area contributed by atoms with Gasteiger partial charge in [-0.3, -0.25) is 0 Å². The van der Waals surface area contributed by atoms with Gasteiger partial charge in [-0.2, -0.15) is 0 Å². The average molecular weight is 380 g/mol. The highest BCUT2D eigenvalue weighted by Crippen LogP contribution is 2.56. The summed E-state index contributed by atoms with van der Waals surface area (Å²) in [6, 6.07) is 14.7. The van der Waals surface area contributed by atoms with Crippen LogP contribution in [0.2, 0.25) is 5.02 Å². The van der Waals surface area contributed by atoms with Crippen molar-refractivity contribution in [3.05, 3.63) is 65.2 Å². The molecule has 0 saturated heterocycles. The molecule has 0 heterocycles. The van der Waals surface area contributed by atoms with E-state index in [1.165, 1.54) is 12.1 Å². The first-order valence-corrected chi connectivity index (χ1v) is 9.76. The summed E-state index contributed by atoms with van der Waals surface area (Å²) in [5, 5.41) is -0.562. The van der Waals surface area contributed by atoms with Crippen molar-refractivity contribution < 1.29 is 17.9 Å². The van der Waals surface area contributed by atoms with E-state index >= 15 is 0 Å². The van der Waals surface area contributed by atoms with Crippen molar-refractivity contribution in [1.82, 2.24) is 0 Å². The van der Waals surface area contributed by atoms with Gasteiger partial charge >= 0.3 is 5.97 Å². The van der Waals surface area contributed by atoms with Gasteiger partial charge in [-0.1, -0.05) is 41.9 Å². The summed E-state index contributed by atoms with van der Waals surface area (Å²) in [7, 11) is -3.80. The molecular formula is C18H18ClNO4S. The molecule has 5 nitrogen and oxygen atoms in total. The van der Waals surface area contributed by atoms with Gasteiger partial charge in [-0.15, -0.1) is 0 Å². The molecule has 132 valence electrons. The van der Waals surface area contributed by atoms with E-state index in [2.05, 4.69) is 0 Å². The molecule has 2 aromatic carbocycles. The Morgan fingerprint density at radius 1 is 1.16 bits per heavy atom. The SMILES string of the molecule is CCOC(=O)[C@]1(N)[C@@H](c2ccc(Cl)cc2)[C@@H]1S(=O)(=O)c1ccccc1. The molecule has 3 rings (SSSR count). The molecule has 1 saturated carbocycles. The van der Waals surface area contributed by atoms with Crippen LogP contribution in [0.25, 0.3) is 0 Å². The van der Waals surface area contributed by atoms with Crippen molar-refractivity contribution in [2.24, 2.45) is 5.73 Å². The van der Waals surface area contributed by atoms with E-state index in [1.807, 2.05) is 0 Å². The van der Waals surface area contributed by atoms with Crippen molar-refractivity contribution >= 4 is 27.4 Å². The zero-order chi connectivity index (χ0) is 18.2. The number of carbonyl (C=O) groups excluding carboxylic acids is 1. The summed E-state index contributed by atoms with van der Waals surface area (Å²) >= 11 is 5.90. The molecule has 1 aliphatic carbocycles. The van der Waals surface area contributed by atoms with E-state index in [0.717, 1.165) is 0 Å². The number of sulfone groups is 1. The van der Waals surface area contributed by atoms with Crippen LogP contribution < -0.4 is 5.73 Å². The molecule has 0 radical (unpaired) electrons. The van der Waals surface area contributed by atoms with Crippen molar-refractivity contribution in [2.45, 2.75) is 28.5 Å². The number of halogens is 1. The normalized spacial score (nSPS) is 25.4. The van der Waals surface area contributed by atoms with E-state index in [4.69, 9.17) is 22.1 Å². The second-order valence-corrected chi connectivity index (χ2v) is 8.47. The van der Waals surface area contributed by atoms with Gasteiger partial charge in [0.1, 0.15) is 10.8 Å². The monoisotopic (exact) mass is 379 g/mol. The Balaban J connectivity index is 2.06. The van der Waals surface area contributed by atoms with Crippen molar-refractivity contribution in [1.29, 1.82) is 0 Å². The molecule has 0 unspecified atom stereocenters. The second-order valence-electron chi connectivity index (χ2n) is 5.96. The van der Waals surface area contributed by atoms with Crippen LogP contribution in [0.15, 0.2) is 59.5 Å². The molecule has 0 bridgehead atoms. The number of hydrogen-bond acceptors (Lipinski definition) is 5. The molecule has 3 atom stereocenters. The average Bonchev–Trinajstić information content (AvgIpc) is 3.25. The van der Waals surface area contributed by atoms with Gasteiger partial charge in [0, 0.05) is 10.9 Å². The first-order chi connectivity index (χ1) is 11.8. The maximum atomic E-state index is 13.1. The number of ether oxygens (including phenoxy) is 1. The number of rotatable bonds is 5. The zero-order valence-corrected chi connectivity index (χ0v) is 15.1. The second kappa shape index (κ2) is 6.44. The Bertz CT molecular complexity index is 883. The van der Waals surface area contributed by atoms with Gasteiger partial charge in [-0.25, -0.2) is 13.2 Å². The minimum atomic E-state index is -3.80. The highest BCUT2D eigenvalue weighted by molar-refractivity contribution is 7.92. The fourth-order valence-electron chi connectivity index (χ4n) is 3.19. The maximum Gasteiger partial charge on any atom is 0.328 e. The lowest BCUT2D eigenvalue weighted by molar-refractivity contribution is -0.145. The lowest BCUT2D eigenvalue weighted by Gasteiger charge is -2.11. The summed E-state index contributed by atoms with van der Waals surface area (Å²) in [6.07, 6.45) is 0. The van der Waals surface area contributed by atoms with Gasteiger partial charge in [0.15, 0.2) is 9.84 Å². The van der Waals surface area contributed by atoms with Gasteiger partial charge in [0.25, 0.3) is 0 Å². The number of hydrogen-bond donors (Lipinski definition) is 1. The fraction of sp³-hybridized carbons (Fsp3) is 0.278. The third kappa shape index (κ3) is 2.94. The summed E-state index contributed by atoms with van der Waals surface area (Å²) in [6.45, 7) is 1.78. The number of esters is 1. The van der Waals surface area contributed by atoms with Gasteiger partial charge in [0.2, 0.25) is 0 Å². The number of benzene rings is 2. The predicted molar refractivity (Wildman–Crippen MR) is 95.2 cm³/mol. The molecule has 0 aromatic heterocycles. The third-order valence-corrected chi connectivity index (χ3v) is 6.96. The molecular weight excluding hydrogens is 362 g/mol. The zero-order valence-electron chi connectivity index (χ0n) is 13.6. The fourth-order valence-corrected chi connectivity index (χ4v) is 5.56. The van der Waals surface area contributed by atoms with E-state index in [0.29, 0.717) is 10.6 Å². The molecule has 2 N–H and O–H groups in total. The van der Waals surface area contributed by atoms with Gasteiger partial charge < -0.3 is 10.5 Å². The van der Waals surface area contributed by atoms with Crippen molar-refractivity contribution in [2.75, 3.05) is 6.61 Å². The Kier molecular flexibility index (Phi) is 4.62. The summed E-state index contributed by atoms with van der Waals surface area (Å²) in [4.78, 5) is 12.6. The van der Waals surface area contributed by atoms with Crippen LogP contribution in [0.4, 0.5) is 0 Å². The quantitative estimate of drug-likeness (QED) is 0.807. The van der Waals surface area contributed by atoms with E-state index in [-0.39, 0.29) is 11.5 Å². The smallest absolute Gasteiger partial charge is 0.328 e. The Morgan fingerprint density at radius 2 is 1.76 bits per heavy atom. The van der Waals surface area contributed by atoms with Crippen LogP contribution in [0.3, 0.4) is 0 Å². The molecule has 0 spiro atoms. The Labute approximate surface area is 151 Å². The summed E-state index contributed by atoms with van der Waals surface area (Å²) < 4.78 is 31.2. The van der Waals surface area contributed by atoms with Gasteiger partial charge in [0.05, 0.1) is 11.5 Å². The van der Waals surface area contributed by atoms with E-state index < -0.39 is 32.5 Å². The maximum absolute atomic E-state index is 13.1. The number of carbonyl (C=O) groups is 1. The lowest BCUT2D eigenvalue weighted by atomic mass is 10.1. The van der Waals surface area contributed by atoms with Gasteiger partial charge in [-0.05, 0) is 36.8 Å². The largest absolute Gasteiger partial charge is 0.465 e. The van der Waals surface area contributed by atoms with Crippen LogP contribution in [0, 0.1) is 0 Å². The number of nitrogens with two attached hydrogens (primary N) is 1. The first-order valence-electron chi connectivity index (χ1n) is 7.84. The van der Waals surface area contributed by atoms with Crippen LogP contribution in [0.1, 0.15) is 18.4 Å². The van der Waals surface area contributed by atoms with E-state index in [1.54, 1.807) is 49.4 Å². The molecule has 25 heavy (non-hydrogen) atoms. The standard InChI is InChI=1S/C18H18ClNO4S/c1-2-24-17(21)18(20)15(12-8-10-13(19)11-9-12)16(18)25(22,23)14-6-4-3-5-7-14/h3-11,15-16H,2,20H2,1H3/t15-,16-,18-/m0/s1. The predicted octanol–water partition coefficient (Wildman–Crippen LogP) is 2.54. The summed E-state index contributed by atoms with van der Waals surface area (Å²) in [5.74, 6) is -1.39. The molecule has 1 fully saturated rings. The van der Waals surface area contributed by atoms with Crippen LogP contribution in [0.5, 0.6) is 0 Å². The topological polar surface area (TPSA) is 86.5 Å². The lowest BCUT2D eigenvalue weighted by Crippen LogP contribution is -2.41. The van der Waals surface area contributed by atoms with Crippen LogP contribution in [-0.4, -0.2) is 31.8 Å². The van der Waals surface area contributed by atoms with Crippen molar-refractivity contribution in [3.63, 3.8) is 0 Å². The minimum Gasteiger partial charge on any atom is -0.465 e. The first kappa shape index (κ1) is 17.9. The van der Waals surface area contributed by atoms with E-state index in [9.17, 15) is 13.2 Å². The molecule has 7 heteroatoms. The Morgan fingerprint density at radius 3 is 2.32 bits per heavy atom. The molecule has 0 amide bonds. The molecule has 1 aliphatic rings. The van der Waals surface area contributed by atoms with Crippen molar-refractivity contribution in [3.8, 4) is 0 Å². The Hall–Kier alpha value is -1.89. The molecule has 2 aromatic rings. The highest BCUT2D eigenvalue weighted by Gasteiger charge is 2.74.